The van der Waals surface area contributed by atoms with Crippen LogP contribution in [-0.2, 0) is 6.42 Å². The first kappa shape index (κ1) is 9.23. The number of hydrogen-bond acceptors (Lipinski definition) is 5. The average molecular weight is 276 g/mol. The van der Waals surface area contributed by atoms with Gasteiger partial charge >= 0.3 is 0 Å². The lowest BCUT2D eigenvalue weighted by Crippen LogP contribution is -1.89. The zero-order valence-electron chi connectivity index (χ0n) is 6.82. The van der Waals surface area contributed by atoms with Crippen molar-refractivity contribution in [1.82, 2.24) is 14.3 Å². The van der Waals surface area contributed by atoms with E-state index in [-0.39, 0.29) is 0 Å². The largest absolute Gasteiger partial charge is 0.246 e. The van der Waals surface area contributed by atoms with Crippen LogP contribution in [0.25, 0.3) is 0 Å². The van der Waals surface area contributed by atoms with Gasteiger partial charge in [-0.3, -0.25) is 0 Å². The van der Waals surface area contributed by atoms with Gasteiger partial charge in [-0.25, -0.2) is 9.97 Å². The molecule has 0 aliphatic carbocycles. The summed E-state index contributed by atoms with van der Waals surface area (Å²) in [6, 6.07) is 0. The fourth-order valence-corrected chi connectivity index (χ4v) is 2.55. The summed E-state index contributed by atoms with van der Waals surface area (Å²) >= 11 is 6.29. The van der Waals surface area contributed by atoms with Gasteiger partial charge in [-0.05, 0) is 34.4 Å². The molecule has 0 saturated heterocycles. The molecule has 0 aliphatic rings. The first-order chi connectivity index (χ1) is 6.24. The smallest absolute Gasteiger partial charge is 0.179 e. The quantitative estimate of drug-likeness (QED) is 0.846. The van der Waals surface area contributed by atoms with E-state index in [4.69, 9.17) is 0 Å². The van der Waals surface area contributed by atoms with Crippen LogP contribution in [0.15, 0.2) is 9.30 Å². The van der Waals surface area contributed by atoms with Gasteiger partial charge in [0, 0.05) is 11.1 Å². The highest BCUT2D eigenvalue weighted by Gasteiger charge is 2.05. The molecule has 3 nitrogen and oxygen atoms in total. The molecule has 2 aromatic rings. The Hall–Kier alpha value is -0.330. The Morgan fingerprint density at radius 3 is 2.85 bits per heavy atom. The molecular formula is C7H6BrN3S2. The van der Waals surface area contributed by atoms with Gasteiger partial charge in [0.2, 0.25) is 0 Å². The van der Waals surface area contributed by atoms with Gasteiger partial charge in [0.15, 0.2) is 3.92 Å². The van der Waals surface area contributed by atoms with Gasteiger partial charge in [0.05, 0.1) is 6.42 Å². The standard InChI is InChI=1S/C7H6BrN3S2/c1-4-3-12-6(9-4)2-5-10-7(8)13-11-5/h3H,2H2,1H3. The highest BCUT2D eigenvalue weighted by atomic mass is 79.9. The molecule has 2 rings (SSSR count). The molecule has 0 atom stereocenters. The molecule has 2 heterocycles. The number of aryl methyl sites for hydroxylation is 1. The van der Waals surface area contributed by atoms with Gasteiger partial charge in [-0.1, -0.05) is 0 Å². The second kappa shape index (κ2) is 3.81. The van der Waals surface area contributed by atoms with Crippen molar-refractivity contribution in [2.75, 3.05) is 0 Å². The fraction of sp³-hybridized carbons (Fsp3) is 0.286. The lowest BCUT2D eigenvalue weighted by molar-refractivity contribution is 1.00. The molecule has 0 bridgehead atoms. The van der Waals surface area contributed by atoms with Crippen LogP contribution in [-0.4, -0.2) is 14.3 Å². The molecule has 13 heavy (non-hydrogen) atoms. The van der Waals surface area contributed by atoms with Crippen molar-refractivity contribution in [1.29, 1.82) is 0 Å². The van der Waals surface area contributed by atoms with E-state index >= 15 is 0 Å². The van der Waals surface area contributed by atoms with Crippen LogP contribution in [0.3, 0.4) is 0 Å². The molecule has 68 valence electrons. The Bertz CT molecular complexity index is 371. The molecule has 0 saturated carbocycles. The maximum atomic E-state index is 4.34. The Balaban J connectivity index is 2.14. The van der Waals surface area contributed by atoms with Crippen molar-refractivity contribution in [2.45, 2.75) is 13.3 Å². The first-order valence-corrected chi connectivity index (χ1v) is 6.08. The van der Waals surface area contributed by atoms with Crippen molar-refractivity contribution in [2.24, 2.45) is 0 Å². The molecule has 0 radical (unpaired) electrons. The summed E-state index contributed by atoms with van der Waals surface area (Å²) in [5.74, 6) is 0.839. The molecule has 0 N–H and O–H groups in total. The van der Waals surface area contributed by atoms with E-state index in [2.05, 4.69) is 30.3 Å². The van der Waals surface area contributed by atoms with Gasteiger partial charge in [0.25, 0.3) is 0 Å². The third kappa shape index (κ3) is 2.32. The summed E-state index contributed by atoms with van der Waals surface area (Å²) in [7, 11) is 0. The van der Waals surface area contributed by atoms with E-state index in [9.17, 15) is 0 Å². The Morgan fingerprint density at radius 2 is 2.31 bits per heavy atom. The van der Waals surface area contributed by atoms with Crippen molar-refractivity contribution in [3.63, 3.8) is 0 Å². The molecule has 2 aromatic heterocycles. The Kier molecular flexibility index (Phi) is 2.71. The molecular weight excluding hydrogens is 270 g/mol. The van der Waals surface area contributed by atoms with E-state index in [0.29, 0.717) is 0 Å². The molecule has 0 aliphatic heterocycles. The van der Waals surface area contributed by atoms with Crippen LogP contribution in [0.2, 0.25) is 0 Å². The topological polar surface area (TPSA) is 38.7 Å². The molecule has 0 unspecified atom stereocenters. The number of aromatic nitrogens is 3. The normalized spacial score (nSPS) is 10.6. The summed E-state index contributed by atoms with van der Waals surface area (Å²) < 4.78 is 5.00. The van der Waals surface area contributed by atoms with Crippen molar-refractivity contribution in [3.8, 4) is 0 Å². The minimum Gasteiger partial charge on any atom is -0.246 e. The minimum absolute atomic E-state index is 0.737. The monoisotopic (exact) mass is 275 g/mol. The van der Waals surface area contributed by atoms with E-state index in [0.717, 1.165) is 26.9 Å². The SMILES string of the molecule is Cc1csc(Cc2nsc(Br)n2)n1. The predicted molar refractivity (Wildman–Crippen MR) is 57.3 cm³/mol. The van der Waals surface area contributed by atoms with E-state index in [1.165, 1.54) is 11.5 Å². The highest BCUT2D eigenvalue weighted by Crippen LogP contribution is 2.16. The van der Waals surface area contributed by atoms with Crippen molar-refractivity contribution in [3.05, 3.63) is 25.8 Å². The summed E-state index contributed by atoms with van der Waals surface area (Å²) in [5, 5.41) is 3.11. The van der Waals surface area contributed by atoms with Gasteiger partial charge in [0.1, 0.15) is 10.8 Å². The Labute approximate surface area is 92.2 Å². The maximum absolute atomic E-state index is 4.34. The van der Waals surface area contributed by atoms with Gasteiger partial charge in [-0.15, -0.1) is 11.3 Å². The zero-order valence-corrected chi connectivity index (χ0v) is 10.0. The number of hydrogen-bond donors (Lipinski definition) is 0. The predicted octanol–water partition coefficient (Wildman–Crippen LogP) is 2.66. The van der Waals surface area contributed by atoms with Gasteiger partial charge < -0.3 is 0 Å². The van der Waals surface area contributed by atoms with Crippen LogP contribution in [0.5, 0.6) is 0 Å². The Morgan fingerprint density at radius 1 is 1.46 bits per heavy atom. The van der Waals surface area contributed by atoms with Crippen LogP contribution >= 0.6 is 38.8 Å². The van der Waals surface area contributed by atoms with Crippen molar-refractivity contribution >= 4 is 38.8 Å². The molecule has 0 amide bonds. The number of thiazole rings is 1. The van der Waals surface area contributed by atoms with E-state index < -0.39 is 0 Å². The number of rotatable bonds is 2. The number of nitrogens with zero attached hydrogens (tertiary/aromatic N) is 3. The summed E-state index contributed by atoms with van der Waals surface area (Å²) in [4.78, 5) is 8.55. The van der Waals surface area contributed by atoms with Gasteiger partial charge in [-0.2, -0.15) is 4.37 Å². The summed E-state index contributed by atoms with van der Waals surface area (Å²) in [6.45, 7) is 1.99. The third-order valence-electron chi connectivity index (χ3n) is 1.42. The minimum atomic E-state index is 0.737. The lowest BCUT2D eigenvalue weighted by Gasteiger charge is -1.87. The highest BCUT2D eigenvalue weighted by molar-refractivity contribution is 9.11. The third-order valence-corrected chi connectivity index (χ3v) is 3.54. The second-order valence-electron chi connectivity index (χ2n) is 2.52. The van der Waals surface area contributed by atoms with Crippen LogP contribution in [0, 0.1) is 6.92 Å². The second-order valence-corrected chi connectivity index (χ2v) is 5.49. The van der Waals surface area contributed by atoms with Crippen LogP contribution in [0.4, 0.5) is 0 Å². The molecule has 0 fully saturated rings. The summed E-state index contributed by atoms with van der Waals surface area (Å²) in [5.41, 5.74) is 1.06. The van der Waals surface area contributed by atoms with E-state index in [1.807, 2.05) is 12.3 Å². The van der Waals surface area contributed by atoms with Crippen molar-refractivity contribution < 1.29 is 0 Å². The zero-order chi connectivity index (χ0) is 9.26. The van der Waals surface area contributed by atoms with Crippen LogP contribution < -0.4 is 0 Å². The molecule has 0 aromatic carbocycles. The fourth-order valence-electron chi connectivity index (χ4n) is 0.924. The first-order valence-electron chi connectivity index (χ1n) is 3.63. The molecule has 0 spiro atoms. The maximum Gasteiger partial charge on any atom is 0.179 e. The van der Waals surface area contributed by atoms with E-state index in [1.54, 1.807) is 11.3 Å². The molecule has 6 heteroatoms. The average Bonchev–Trinajstić information content (AvgIpc) is 2.62. The lowest BCUT2D eigenvalue weighted by atomic mass is 10.4. The summed E-state index contributed by atoms with van der Waals surface area (Å²) in [6.07, 6.45) is 0.737. The van der Waals surface area contributed by atoms with Crippen LogP contribution in [0.1, 0.15) is 16.5 Å². The number of halogens is 1.